The number of esters is 1. The molecule has 5 heteroatoms. The van der Waals surface area contributed by atoms with Gasteiger partial charge in [0.05, 0.1) is 12.3 Å². The van der Waals surface area contributed by atoms with Crippen molar-refractivity contribution in [3.63, 3.8) is 0 Å². The summed E-state index contributed by atoms with van der Waals surface area (Å²) >= 11 is 0. The van der Waals surface area contributed by atoms with Gasteiger partial charge < -0.3 is 14.6 Å². The smallest absolute Gasteiger partial charge is 0.305 e. The standard InChI is InChI=1S/C12H20N2O3/c1-2-16-12(15)6-4-3-5-8-13-10-11-7-9-17-14-11/h7,9,13H,2-6,8,10H2,1H3. The van der Waals surface area contributed by atoms with Crippen molar-refractivity contribution < 1.29 is 14.1 Å². The number of nitrogens with one attached hydrogen (secondary N) is 1. The molecule has 0 aromatic carbocycles. The molecule has 0 spiro atoms. The van der Waals surface area contributed by atoms with Gasteiger partial charge >= 0.3 is 5.97 Å². The number of carbonyl (C=O) groups excluding carboxylic acids is 1. The van der Waals surface area contributed by atoms with Crippen molar-refractivity contribution in [2.75, 3.05) is 13.2 Å². The van der Waals surface area contributed by atoms with Gasteiger partial charge in [0.15, 0.2) is 0 Å². The van der Waals surface area contributed by atoms with E-state index in [0.29, 0.717) is 13.0 Å². The first-order valence-electron chi connectivity index (χ1n) is 6.08. The quantitative estimate of drug-likeness (QED) is 0.527. The Kier molecular flexibility index (Phi) is 7.06. The first-order chi connectivity index (χ1) is 8.33. The van der Waals surface area contributed by atoms with Crippen molar-refractivity contribution >= 4 is 5.97 Å². The minimum absolute atomic E-state index is 0.0944. The van der Waals surface area contributed by atoms with Crippen molar-refractivity contribution in [2.45, 2.75) is 39.2 Å². The zero-order valence-corrected chi connectivity index (χ0v) is 10.3. The molecule has 96 valence electrons. The molecule has 0 aliphatic heterocycles. The van der Waals surface area contributed by atoms with Gasteiger partial charge in [0.25, 0.3) is 0 Å². The monoisotopic (exact) mass is 240 g/mol. The Labute approximate surface area is 102 Å². The maximum atomic E-state index is 11.0. The highest BCUT2D eigenvalue weighted by atomic mass is 16.5. The molecule has 5 nitrogen and oxygen atoms in total. The molecule has 0 bridgehead atoms. The molecule has 0 aliphatic carbocycles. The van der Waals surface area contributed by atoms with E-state index in [-0.39, 0.29) is 5.97 Å². The van der Waals surface area contributed by atoms with Crippen molar-refractivity contribution in [1.82, 2.24) is 10.5 Å². The van der Waals surface area contributed by atoms with E-state index in [2.05, 4.69) is 10.5 Å². The third kappa shape index (κ3) is 6.73. The summed E-state index contributed by atoms with van der Waals surface area (Å²) in [6.07, 6.45) is 5.07. The average Bonchev–Trinajstić information content (AvgIpc) is 2.81. The van der Waals surface area contributed by atoms with E-state index in [1.807, 2.05) is 13.0 Å². The Morgan fingerprint density at radius 1 is 1.47 bits per heavy atom. The molecule has 0 radical (unpaired) electrons. The van der Waals surface area contributed by atoms with E-state index in [4.69, 9.17) is 9.26 Å². The van der Waals surface area contributed by atoms with Gasteiger partial charge in [-0.05, 0) is 26.3 Å². The van der Waals surface area contributed by atoms with Crippen LogP contribution in [0.25, 0.3) is 0 Å². The van der Waals surface area contributed by atoms with E-state index >= 15 is 0 Å². The normalized spacial score (nSPS) is 10.4. The van der Waals surface area contributed by atoms with Gasteiger partial charge in [-0.3, -0.25) is 4.79 Å². The summed E-state index contributed by atoms with van der Waals surface area (Å²) in [5.41, 5.74) is 0.913. The number of ether oxygens (including phenoxy) is 1. The minimum Gasteiger partial charge on any atom is -0.466 e. The number of rotatable bonds is 9. The van der Waals surface area contributed by atoms with Crippen LogP contribution in [0.5, 0.6) is 0 Å². The molecule has 1 aromatic heterocycles. The molecule has 0 fully saturated rings. The van der Waals surface area contributed by atoms with Crippen LogP contribution in [0.2, 0.25) is 0 Å². The maximum absolute atomic E-state index is 11.0. The van der Waals surface area contributed by atoms with Gasteiger partial charge in [-0.1, -0.05) is 11.6 Å². The fourth-order valence-corrected chi connectivity index (χ4v) is 1.47. The Morgan fingerprint density at radius 2 is 2.35 bits per heavy atom. The number of hydrogen-bond donors (Lipinski definition) is 1. The lowest BCUT2D eigenvalue weighted by Crippen LogP contribution is -2.14. The van der Waals surface area contributed by atoms with Crippen LogP contribution in [0, 0.1) is 0 Å². The molecule has 17 heavy (non-hydrogen) atoms. The molecule has 1 aromatic rings. The average molecular weight is 240 g/mol. The summed E-state index contributed by atoms with van der Waals surface area (Å²) in [6, 6.07) is 1.84. The largest absolute Gasteiger partial charge is 0.466 e. The first-order valence-corrected chi connectivity index (χ1v) is 6.08. The third-order valence-electron chi connectivity index (χ3n) is 2.34. The molecule has 0 atom stereocenters. The van der Waals surface area contributed by atoms with Gasteiger partial charge in [0.1, 0.15) is 6.26 Å². The van der Waals surface area contributed by atoms with E-state index < -0.39 is 0 Å². The zero-order chi connectivity index (χ0) is 12.3. The fraction of sp³-hybridized carbons (Fsp3) is 0.667. The molecule has 0 saturated heterocycles. The second kappa shape index (κ2) is 8.75. The third-order valence-corrected chi connectivity index (χ3v) is 2.34. The predicted octanol–water partition coefficient (Wildman–Crippen LogP) is 1.89. The van der Waals surface area contributed by atoms with Crippen LogP contribution in [0.15, 0.2) is 16.9 Å². The molecule has 0 amide bonds. The van der Waals surface area contributed by atoms with E-state index in [0.717, 1.165) is 38.0 Å². The summed E-state index contributed by atoms with van der Waals surface area (Å²) < 4.78 is 9.56. The van der Waals surface area contributed by atoms with E-state index in [1.54, 1.807) is 6.26 Å². The fourth-order valence-electron chi connectivity index (χ4n) is 1.47. The van der Waals surface area contributed by atoms with Crippen LogP contribution < -0.4 is 5.32 Å². The minimum atomic E-state index is -0.0944. The summed E-state index contributed by atoms with van der Waals surface area (Å²) in [4.78, 5) is 11.0. The van der Waals surface area contributed by atoms with Crippen LogP contribution in [0.1, 0.15) is 38.3 Å². The number of nitrogens with zero attached hydrogens (tertiary/aromatic N) is 1. The highest BCUT2D eigenvalue weighted by molar-refractivity contribution is 5.69. The molecule has 0 unspecified atom stereocenters. The Balaban J connectivity index is 1.86. The number of aromatic nitrogens is 1. The molecule has 0 saturated carbocycles. The Morgan fingerprint density at radius 3 is 3.06 bits per heavy atom. The van der Waals surface area contributed by atoms with Gasteiger partial charge in [-0.15, -0.1) is 0 Å². The van der Waals surface area contributed by atoms with Crippen LogP contribution in [-0.2, 0) is 16.1 Å². The van der Waals surface area contributed by atoms with Gasteiger partial charge in [0.2, 0.25) is 0 Å². The molecular weight excluding hydrogens is 220 g/mol. The summed E-state index contributed by atoms with van der Waals surface area (Å²) in [6.45, 7) is 3.95. The van der Waals surface area contributed by atoms with Crippen molar-refractivity contribution in [1.29, 1.82) is 0 Å². The predicted molar refractivity (Wildman–Crippen MR) is 63.3 cm³/mol. The Bertz CT molecular complexity index is 299. The van der Waals surface area contributed by atoms with Gasteiger partial charge in [-0.2, -0.15) is 0 Å². The Hall–Kier alpha value is -1.36. The van der Waals surface area contributed by atoms with Crippen LogP contribution in [-0.4, -0.2) is 24.3 Å². The SMILES string of the molecule is CCOC(=O)CCCCCNCc1ccon1. The molecule has 1 N–H and O–H groups in total. The van der Waals surface area contributed by atoms with Gasteiger partial charge in [0, 0.05) is 19.0 Å². The van der Waals surface area contributed by atoms with Crippen molar-refractivity contribution in [3.8, 4) is 0 Å². The lowest BCUT2D eigenvalue weighted by atomic mass is 10.2. The van der Waals surface area contributed by atoms with Crippen LogP contribution >= 0.6 is 0 Å². The number of hydrogen-bond acceptors (Lipinski definition) is 5. The highest BCUT2D eigenvalue weighted by Crippen LogP contribution is 2.01. The molecule has 1 rings (SSSR count). The lowest BCUT2D eigenvalue weighted by Gasteiger charge is -2.03. The molecule has 0 aliphatic rings. The summed E-state index contributed by atoms with van der Waals surface area (Å²) in [5, 5.41) is 7.06. The first kappa shape index (κ1) is 13.7. The second-order valence-electron chi connectivity index (χ2n) is 3.78. The second-order valence-corrected chi connectivity index (χ2v) is 3.78. The molecule has 1 heterocycles. The summed E-state index contributed by atoms with van der Waals surface area (Å²) in [5.74, 6) is -0.0944. The van der Waals surface area contributed by atoms with E-state index in [1.165, 1.54) is 0 Å². The zero-order valence-electron chi connectivity index (χ0n) is 10.3. The molecular formula is C12H20N2O3. The van der Waals surface area contributed by atoms with Crippen molar-refractivity contribution in [3.05, 3.63) is 18.0 Å². The number of carbonyl (C=O) groups is 1. The number of unbranched alkanes of at least 4 members (excludes halogenated alkanes) is 2. The topological polar surface area (TPSA) is 64.4 Å². The van der Waals surface area contributed by atoms with Crippen LogP contribution in [0.3, 0.4) is 0 Å². The van der Waals surface area contributed by atoms with Crippen LogP contribution in [0.4, 0.5) is 0 Å². The van der Waals surface area contributed by atoms with E-state index in [9.17, 15) is 4.79 Å². The lowest BCUT2D eigenvalue weighted by molar-refractivity contribution is -0.143. The van der Waals surface area contributed by atoms with Crippen molar-refractivity contribution in [2.24, 2.45) is 0 Å². The maximum Gasteiger partial charge on any atom is 0.305 e. The van der Waals surface area contributed by atoms with Gasteiger partial charge in [-0.25, -0.2) is 0 Å². The highest BCUT2D eigenvalue weighted by Gasteiger charge is 2.00. The summed E-state index contributed by atoms with van der Waals surface area (Å²) in [7, 11) is 0.